The van der Waals surface area contributed by atoms with Crippen molar-refractivity contribution in [3.05, 3.63) is 0 Å². The van der Waals surface area contributed by atoms with E-state index in [0.29, 0.717) is 0 Å². The van der Waals surface area contributed by atoms with Gasteiger partial charge in [0.2, 0.25) is 0 Å². The summed E-state index contributed by atoms with van der Waals surface area (Å²) in [6, 6.07) is -0.957. The van der Waals surface area contributed by atoms with E-state index < -0.39 is 27.7 Å². The molecule has 0 aliphatic carbocycles. The topological polar surface area (TPSA) is 66.4 Å². The van der Waals surface area contributed by atoms with E-state index in [1.165, 1.54) is 18.6 Å². The second kappa shape index (κ2) is 4.45. The summed E-state index contributed by atoms with van der Waals surface area (Å²) in [5.41, 5.74) is -5.31. The first-order chi connectivity index (χ1) is 6.06. The van der Waals surface area contributed by atoms with Crippen molar-refractivity contribution in [3.63, 3.8) is 0 Å². The maximum atomic E-state index is 11.8. The van der Waals surface area contributed by atoms with Crippen LogP contribution in [0.3, 0.4) is 0 Å². The summed E-state index contributed by atoms with van der Waals surface area (Å²) in [4.78, 5) is 0. The molecule has 0 aliphatic rings. The second-order valence-electron chi connectivity index (χ2n) is 3.05. The molecule has 86 valence electrons. The highest BCUT2D eigenvalue weighted by Gasteiger charge is 2.46. The quantitative estimate of drug-likeness (QED) is 0.749. The van der Waals surface area contributed by atoms with Crippen LogP contribution in [0.2, 0.25) is 0 Å². The van der Waals surface area contributed by atoms with Crippen LogP contribution in [0, 0.1) is 0 Å². The zero-order valence-corrected chi connectivity index (χ0v) is 8.48. The van der Waals surface area contributed by atoms with Crippen LogP contribution in [0.15, 0.2) is 0 Å². The molecule has 0 radical (unpaired) electrons. The molecule has 0 spiro atoms. The zero-order valence-electron chi connectivity index (χ0n) is 7.67. The highest BCUT2D eigenvalue weighted by atomic mass is 32.2. The first-order valence-corrected chi connectivity index (χ1v) is 5.31. The Kier molecular flexibility index (Phi) is 4.34. The van der Waals surface area contributed by atoms with Crippen molar-refractivity contribution in [1.29, 1.82) is 0 Å². The van der Waals surface area contributed by atoms with Crippen molar-refractivity contribution in [3.8, 4) is 0 Å². The molecule has 0 aromatic rings. The fraction of sp³-hybridized carbons (Fsp3) is 1.00. The standard InChI is InChI=1S/C6H12F3NO3S/c1-4(3-5(2)11)10-14(12,13)6(7,8)9/h4-5,10-11H,3H2,1-2H3. The summed E-state index contributed by atoms with van der Waals surface area (Å²) in [7, 11) is -5.30. The summed E-state index contributed by atoms with van der Waals surface area (Å²) in [5.74, 6) is 0. The third-order valence-electron chi connectivity index (χ3n) is 1.36. The van der Waals surface area contributed by atoms with Crippen molar-refractivity contribution in [2.45, 2.75) is 37.9 Å². The van der Waals surface area contributed by atoms with Gasteiger partial charge in [0.15, 0.2) is 0 Å². The van der Waals surface area contributed by atoms with Gasteiger partial charge in [0, 0.05) is 6.04 Å². The van der Waals surface area contributed by atoms with Gasteiger partial charge in [0.05, 0.1) is 6.10 Å². The minimum absolute atomic E-state index is 0.0741. The largest absolute Gasteiger partial charge is 0.511 e. The number of hydrogen-bond donors (Lipinski definition) is 2. The van der Waals surface area contributed by atoms with E-state index >= 15 is 0 Å². The molecule has 2 unspecified atom stereocenters. The Bertz CT molecular complexity index is 273. The van der Waals surface area contributed by atoms with Gasteiger partial charge in [-0.1, -0.05) is 0 Å². The summed E-state index contributed by atoms with van der Waals surface area (Å²) in [6.45, 7) is 2.61. The lowest BCUT2D eigenvalue weighted by molar-refractivity contribution is -0.0451. The predicted octanol–water partition coefficient (Wildman–Crippen LogP) is 0.585. The Hall–Kier alpha value is -0.340. The van der Waals surface area contributed by atoms with E-state index in [4.69, 9.17) is 5.11 Å². The molecular formula is C6H12F3NO3S. The van der Waals surface area contributed by atoms with E-state index in [9.17, 15) is 21.6 Å². The highest BCUT2D eigenvalue weighted by molar-refractivity contribution is 7.90. The molecule has 0 aromatic heterocycles. The zero-order chi connectivity index (χ0) is 11.6. The van der Waals surface area contributed by atoms with E-state index in [0.717, 1.165) is 0 Å². The van der Waals surface area contributed by atoms with Crippen LogP contribution in [0.1, 0.15) is 20.3 Å². The normalized spacial score (nSPS) is 17.9. The first-order valence-electron chi connectivity index (χ1n) is 3.83. The second-order valence-corrected chi connectivity index (χ2v) is 4.76. The fourth-order valence-electron chi connectivity index (χ4n) is 0.891. The number of rotatable bonds is 4. The Morgan fingerprint density at radius 1 is 1.36 bits per heavy atom. The molecule has 0 rings (SSSR count). The third kappa shape index (κ3) is 4.25. The fourth-order valence-corrected chi connectivity index (χ4v) is 1.65. The molecule has 4 nitrogen and oxygen atoms in total. The molecular weight excluding hydrogens is 223 g/mol. The molecule has 0 saturated carbocycles. The maximum absolute atomic E-state index is 11.8. The molecule has 0 aliphatic heterocycles. The molecule has 0 fully saturated rings. The van der Waals surface area contributed by atoms with Crippen molar-refractivity contribution in [2.24, 2.45) is 0 Å². The number of halogens is 3. The number of hydrogen-bond acceptors (Lipinski definition) is 3. The van der Waals surface area contributed by atoms with Crippen molar-refractivity contribution < 1.29 is 26.7 Å². The molecule has 0 amide bonds. The Balaban J connectivity index is 4.39. The average molecular weight is 235 g/mol. The van der Waals surface area contributed by atoms with Gasteiger partial charge < -0.3 is 5.11 Å². The molecule has 0 aromatic carbocycles. The predicted molar refractivity (Wildman–Crippen MR) is 43.9 cm³/mol. The Labute approximate surface area is 80.2 Å². The summed E-state index contributed by atoms with van der Waals surface area (Å²) >= 11 is 0. The van der Waals surface area contributed by atoms with Crippen LogP contribution in [0.4, 0.5) is 13.2 Å². The van der Waals surface area contributed by atoms with E-state index in [2.05, 4.69) is 0 Å². The Morgan fingerprint density at radius 3 is 2.07 bits per heavy atom. The summed E-state index contributed by atoms with van der Waals surface area (Å²) in [5, 5.41) is 8.81. The van der Waals surface area contributed by atoms with Crippen molar-refractivity contribution >= 4 is 10.0 Å². The van der Waals surface area contributed by atoms with Gasteiger partial charge in [-0.25, -0.2) is 13.1 Å². The van der Waals surface area contributed by atoms with Crippen LogP contribution in [0.25, 0.3) is 0 Å². The SMILES string of the molecule is CC(O)CC(C)NS(=O)(=O)C(F)(F)F. The van der Waals surface area contributed by atoms with Gasteiger partial charge in [-0.3, -0.25) is 0 Å². The lowest BCUT2D eigenvalue weighted by Crippen LogP contribution is -2.42. The molecule has 8 heteroatoms. The highest BCUT2D eigenvalue weighted by Crippen LogP contribution is 2.22. The number of aliphatic hydroxyl groups is 1. The molecule has 0 bridgehead atoms. The van der Waals surface area contributed by atoms with Gasteiger partial charge in [0.1, 0.15) is 0 Å². The van der Waals surface area contributed by atoms with Crippen LogP contribution in [0.5, 0.6) is 0 Å². The lowest BCUT2D eigenvalue weighted by Gasteiger charge is -2.16. The average Bonchev–Trinajstić information content (AvgIpc) is 1.79. The first kappa shape index (κ1) is 13.7. The molecule has 2 atom stereocenters. The van der Waals surface area contributed by atoms with Crippen LogP contribution in [-0.4, -0.2) is 31.2 Å². The summed E-state index contributed by atoms with van der Waals surface area (Å²) < 4.78 is 57.9. The molecule has 0 saturated heterocycles. The van der Waals surface area contributed by atoms with Crippen LogP contribution < -0.4 is 4.72 Å². The lowest BCUT2D eigenvalue weighted by atomic mass is 10.2. The monoisotopic (exact) mass is 235 g/mol. The van der Waals surface area contributed by atoms with Crippen LogP contribution in [-0.2, 0) is 10.0 Å². The van der Waals surface area contributed by atoms with Gasteiger partial charge in [-0.05, 0) is 20.3 Å². The van der Waals surface area contributed by atoms with Crippen molar-refractivity contribution in [2.75, 3.05) is 0 Å². The molecule has 2 N–H and O–H groups in total. The minimum atomic E-state index is -5.31. The number of aliphatic hydroxyl groups excluding tert-OH is 1. The minimum Gasteiger partial charge on any atom is -0.393 e. The van der Waals surface area contributed by atoms with Crippen LogP contribution >= 0.6 is 0 Å². The maximum Gasteiger partial charge on any atom is 0.511 e. The molecule has 0 heterocycles. The van der Waals surface area contributed by atoms with E-state index in [1.807, 2.05) is 0 Å². The third-order valence-corrected chi connectivity index (χ3v) is 2.68. The smallest absolute Gasteiger partial charge is 0.393 e. The number of alkyl halides is 3. The van der Waals surface area contributed by atoms with E-state index in [-0.39, 0.29) is 6.42 Å². The van der Waals surface area contributed by atoms with Gasteiger partial charge in [-0.15, -0.1) is 0 Å². The van der Waals surface area contributed by atoms with Gasteiger partial charge in [0.25, 0.3) is 0 Å². The number of nitrogens with one attached hydrogen (secondary N) is 1. The van der Waals surface area contributed by atoms with Gasteiger partial charge >= 0.3 is 15.5 Å². The van der Waals surface area contributed by atoms with Crippen molar-refractivity contribution in [1.82, 2.24) is 4.72 Å². The number of sulfonamides is 1. The summed E-state index contributed by atoms with van der Waals surface area (Å²) in [6.07, 6.45) is -0.934. The Morgan fingerprint density at radius 2 is 1.79 bits per heavy atom. The van der Waals surface area contributed by atoms with E-state index in [1.54, 1.807) is 0 Å². The van der Waals surface area contributed by atoms with Gasteiger partial charge in [-0.2, -0.15) is 13.2 Å². The molecule has 14 heavy (non-hydrogen) atoms.